The van der Waals surface area contributed by atoms with Gasteiger partial charge in [-0.2, -0.15) is 0 Å². The molecule has 48 heavy (non-hydrogen) atoms. The van der Waals surface area contributed by atoms with E-state index >= 15 is 0 Å². The number of sulfonamides is 1. The number of rotatable bonds is 14. The molecule has 1 aliphatic carbocycles. The Labute approximate surface area is 288 Å². The Hall–Kier alpha value is -3.80. The average molecular weight is 691 g/mol. The van der Waals surface area contributed by atoms with Crippen LogP contribution in [0.3, 0.4) is 0 Å². The predicted octanol–water partition coefficient (Wildman–Crippen LogP) is 8.03. The normalized spacial score (nSPS) is 14.5. The molecule has 0 unspecified atom stereocenters. The van der Waals surface area contributed by atoms with Crippen LogP contribution in [0.4, 0.5) is 10.5 Å². The molecule has 1 saturated carbocycles. The number of aliphatic hydroxyl groups is 1. The maximum atomic E-state index is 13.2. The van der Waals surface area contributed by atoms with Gasteiger partial charge in [-0.3, -0.25) is 9.71 Å². The molecule has 0 spiro atoms. The van der Waals surface area contributed by atoms with Gasteiger partial charge in [0.2, 0.25) is 0 Å². The Kier molecular flexibility index (Phi) is 11.9. The number of anilines is 1. The first-order valence-electron chi connectivity index (χ1n) is 16.7. The van der Waals surface area contributed by atoms with Crippen molar-refractivity contribution < 1.29 is 23.1 Å². The van der Waals surface area contributed by atoms with Crippen LogP contribution in [0.5, 0.6) is 0 Å². The largest absolute Gasteiger partial charge is 0.444 e. The van der Waals surface area contributed by atoms with Crippen LogP contribution < -0.4 is 4.72 Å². The highest BCUT2D eigenvalue weighted by atomic mass is 32.2. The van der Waals surface area contributed by atoms with Crippen molar-refractivity contribution >= 4 is 33.1 Å². The summed E-state index contributed by atoms with van der Waals surface area (Å²) in [6, 6.07) is 17.4. The number of carbonyl (C=O) groups excluding carboxylic acids is 1. The Morgan fingerprint density at radius 2 is 1.79 bits per heavy atom. The van der Waals surface area contributed by atoms with Crippen LogP contribution in [0.2, 0.25) is 0 Å². The van der Waals surface area contributed by atoms with Gasteiger partial charge in [0.15, 0.2) is 0 Å². The maximum absolute atomic E-state index is 13.2. The van der Waals surface area contributed by atoms with Crippen LogP contribution in [-0.2, 0) is 27.6 Å². The number of nitrogens with one attached hydrogen (secondary N) is 1. The molecule has 1 amide bonds. The smallest absolute Gasteiger partial charge is 0.410 e. The molecule has 4 aromatic rings. The van der Waals surface area contributed by atoms with Crippen molar-refractivity contribution in [2.75, 3.05) is 17.8 Å². The molecule has 9 nitrogen and oxygen atoms in total. The third kappa shape index (κ3) is 10.3. The third-order valence-electron chi connectivity index (χ3n) is 8.47. The highest BCUT2D eigenvalue weighted by Gasteiger charge is 2.25. The lowest BCUT2D eigenvalue weighted by molar-refractivity contribution is 0.0146. The minimum Gasteiger partial charge on any atom is -0.444 e. The molecule has 1 fully saturated rings. The van der Waals surface area contributed by atoms with Crippen molar-refractivity contribution in [3.63, 3.8) is 0 Å². The summed E-state index contributed by atoms with van der Waals surface area (Å²) in [7, 11) is -3.80. The molecule has 2 N–H and O–H groups in total. The number of aliphatic hydroxyl groups excluding tert-OH is 1. The van der Waals surface area contributed by atoms with Gasteiger partial charge < -0.3 is 14.7 Å². The SMILES string of the molecule is CC(C)(C)OC(=O)N(CCc1ccc(NS(=O)(=O)c2ccc(-c3nc(CCCC4CCCC4)cs3)cc2)cc1)C[C@H](O)c1cccnc1. The number of ether oxygens (including phenoxy) is 1. The van der Waals surface area contributed by atoms with Gasteiger partial charge in [-0.1, -0.05) is 62.4 Å². The van der Waals surface area contributed by atoms with Gasteiger partial charge in [0.1, 0.15) is 10.6 Å². The number of carbonyl (C=O) groups is 1. The highest BCUT2D eigenvalue weighted by Crippen LogP contribution is 2.30. The van der Waals surface area contributed by atoms with E-state index in [1.807, 2.05) is 12.1 Å². The molecule has 11 heteroatoms. The molecule has 2 heterocycles. The Morgan fingerprint density at radius 1 is 1.06 bits per heavy atom. The van der Waals surface area contributed by atoms with Gasteiger partial charge >= 0.3 is 6.09 Å². The van der Waals surface area contributed by atoms with E-state index < -0.39 is 27.8 Å². The zero-order valence-corrected chi connectivity index (χ0v) is 29.6. The van der Waals surface area contributed by atoms with E-state index in [1.54, 1.807) is 93.0 Å². The molecular formula is C37H46N4O5S2. The number of aryl methyl sites for hydroxylation is 1. The van der Waals surface area contributed by atoms with Crippen LogP contribution in [0, 0.1) is 5.92 Å². The molecule has 2 aromatic heterocycles. The molecule has 0 radical (unpaired) electrons. The van der Waals surface area contributed by atoms with E-state index in [4.69, 9.17) is 9.72 Å². The van der Waals surface area contributed by atoms with E-state index in [2.05, 4.69) is 15.1 Å². The van der Waals surface area contributed by atoms with Crippen LogP contribution in [0.15, 0.2) is 83.3 Å². The van der Waals surface area contributed by atoms with Gasteiger partial charge in [0, 0.05) is 41.1 Å². The lowest BCUT2D eigenvalue weighted by Crippen LogP contribution is -2.40. The molecule has 256 valence electrons. The number of aromatic nitrogens is 2. The molecular weight excluding hydrogens is 645 g/mol. The number of hydrogen-bond donors (Lipinski definition) is 2. The number of thiazole rings is 1. The minimum absolute atomic E-state index is 0.0430. The van der Waals surface area contributed by atoms with E-state index in [9.17, 15) is 18.3 Å². The van der Waals surface area contributed by atoms with Crippen molar-refractivity contribution in [2.45, 2.75) is 88.7 Å². The fourth-order valence-electron chi connectivity index (χ4n) is 5.89. The van der Waals surface area contributed by atoms with Crippen molar-refractivity contribution in [1.29, 1.82) is 0 Å². The summed E-state index contributed by atoms with van der Waals surface area (Å²) in [5.41, 5.74) is 3.25. The van der Waals surface area contributed by atoms with E-state index in [0.29, 0.717) is 24.2 Å². The topological polar surface area (TPSA) is 122 Å². The van der Waals surface area contributed by atoms with Gasteiger partial charge in [0.05, 0.1) is 23.2 Å². The van der Waals surface area contributed by atoms with Crippen molar-refractivity contribution in [3.8, 4) is 10.6 Å². The van der Waals surface area contributed by atoms with Crippen molar-refractivity contribution in [2.24, 2.45) is 5.92 Å². The quantitative estimate of drug-likeness (QED) is 0.137. The minimum atomic E-state index is -3.80. The Bertz CT molecular complexity index is 1710. The van der Waals surface area contributed by atoms with Crippen LogP contribution in [0.25, 0.3) is 10.6 Å². The van der Waals surface area contributed by atoms with Gasteiger partial charge in [-0.05, 0) is 81.8 Å². The lowest BCUT2D eigenvalue weighted by atomic mass is 10.0. The molecule has 2 aromatic carbocycles. The standard InChI is InChI=1S/C37H46N4O5S2/c1-37(2,3)46-36(43)41(25-34(42)30-11-7-22-38-24-30)23-21-28-13-17-31(18-14-28)40-48(44,45)33-19-15-29(16-20-33)35-39-32(26-47-35)12-6-10-27-8-4-5-9-27/h7,11,13-20,22,24,26-27,34,40,42H,4-6,8-10,12,21,23,25H2,1-3H3/t34-/m0/s1. The monoisotopic (exact) mass is 690 g/mol. The molecule has 1 atom stereocenters. The second-order valence-electron chi connectivity index (χ2n) is 13.5. The zero-order chi connectivity index (χ0) is 34.1. The molecule has 0 aliphatic heterocycles. The average Bonchev–Trinajstić information content (AvgIpc) is 3.76. The Balaban J connectivity index is 1.15. The van der Waals surface area contributed by atoms with E-state index in [-0.39, 0.29) is 11.4 Å². The van der Waals surface area contributed by atoms with E-state index in [1.165, 1.54) is 43.4 Å². The fourth-order valence-corrected chi connectivity index (χ4v) is 7.81. The first-order chi connectivity index (χ1) is 22.9. The second-order valence-corrected chi connectivity index (χ2v) is 16.0. The predicted molar refractivity (Wildman–Crippen MR) is 190 cm³/mol. The number of amides is 1. The fraction of sp³-hybridized carbons (Fsp3) is 0.432. The van der Waals surface area contributed by atoms with Crippen LogP contribution in [-0.4, -0.2) is 53.2 Å². The summed E-state index contributed by atoms with van der Waals surface area (Å²) < 4.78 is 34.6. The number of pyridine rings is 1. The van der Waals surface area contributed by atoms with Gasteiger partial charge in [-0.25, -0.2) is 18.2 Å². The number of hydrogen-bond acceptors (Lipinski definition) is 8. The first kappa shape index (κ1) is 35.5. The van der Waals surface area contributed by atoms with Crippen molar-refractivity contribution in [1.82, 2.24) is 14.9 Å². The summed E-state index contributed by atoms with van der Waals surface area (Å²) in [6.45, 7) is 5.73. The molecule has 1 aliphatic rings. The first-order valence-corrected chi connectivity index (χ1v) is 19.0. The van der Waals surface area contributed by atoms with Crippen LogP contribution in [0.1, 0.15) is 82.2 Å². The summed E-state index contributed by atoms with van der Waals surface area (Å²) in [4.78, 5) is 23.5. The van der Waals surface area contributed by atoms with Gasteiger partial charge in [0.25, 0.3) is 10.0 Å². The summed E-state index contributed by atoms with van der Waals surface area (Å²) in [6.07, 6.45) is 11.1. The molecule has 0 saturated heterocycles. The number of nitrogens with zero attached hydrogens (tertiary/aromatic N) is 3. The summed E-state index contributed by atoms with van der Waals surface area (Å²) in [5.74, 6) is 0.885. The van der Waals surface area contributed by atoms with Gasteiger partial charge in [-0.15, -0.1) is 11.3 Å². The lowest BCUT2D eigenvalue weighted by Gasteiger charge is -2.29. The van der Waals surface area contributed by atoms with Crippen LogP contribution >= 0.6 is 11.3 Å². The molecule has 0 bridgehead atoms. The maximum Gasteiger partial charge on any atom is 0.410 e. The third-order valence-corrected chi connectivity index (χ3v) is 10.8. The van der Waals surface area contributed by atoms with E-state index in [0.717, 1.165) is 34.2 Å². The summed E-state index contributed by atoms with van der Waals surface area (Å²) in [5, 5.41) is 13.8. The molecule has 5 rings (SSSR count). The second kappa shape index (κ2) is 16.1. The Morgan fingerprint density at radius 3 is 2.46 bits per heavy atom. The summed E-state index contributed by atoms with van der Waals surface area (Å²) >= 11 is 1.59. The highest BCUT2D eigenvalue weighted by molar-refractivity contribution is 7.92. The zero-order valence-electron chi connectivity index (χ0n) is 28.0. The number of benzene rings is 2. The van der Waals surface area contributed by atoms with Crippen molar-refractivity contribution in [3.05, 3.63) is 95.3 Å².